The highest BCUT2D eigenvalue weighted by atomic mass is 16.6. The third-order valence-corrected chi connectivity index (χ3v) is 10.4. The van der Waals surface area contributed by atoms with E-state index < -0.39 is 12.1 Å². The smallest absolute Gasteiger partial charge is 0.310 e. The maximum Gasteiger partial charge on any atom is 0.310 e. The standard InChI is InChI=1S/C65H96O6/c1-4-7-10-13-16-19-22-25-27-28-29-30-31-32-33-34-35-36-38-40-43-46-49-52-55-58-64(67)70-61-62(60-69-63(66)57-54-51-48-45-42-39-24-21-18-15-12-9-6-3)71-65(68)59-56-53-50-47-44-41-37-26-23-20-17-14-11-8-5-2/h7-12,16-21,25-27,29-30,32-33,35-37,39-40,42-44,47,53,56,62H,4-6,13-15,22-24,28,31,34,38,41,45-46,48-52,54-55,57-61H2,1-3H3/b10-7-,11-8-,12-9-,19-16-,20-17-,21-18-,27-25-,30-29-,33-32-,36-35-,37-26-,42-39-,43-40-,47-44-,56-53-. The molecular formula is C65H96O6. The lowest BCUT2D eigenvalue weighted by atomic mass is 10.1. The molecule has 0 saturated heterocycles. The van der Waals surface area contributed by atoms with Crippen molar-refractivity contribution in [2.45, 2.75) is 194 Å². The van der Waals surface area contributed by atoms with Gasteiger partial charge in [0.25, 0.3) is 0 Å². The van der Waals surface area contributed by atoms with Gasteiger partial charge in [-0.15, -0.1) is 0 Å². The highest BCUT2D eigenvalue weighted by molar-refractivity contribution is 5.72. The normalized spacial score (nSPS) is 13.6. The molecule has 0 spiro atoms. The number of allylic oxidation sites excluding steroid dienone is 29. The summed E-state index contributed by atoms with van der Waals surface area (Å²) >= 11 is 0. The number of esters is 3. The van der Waals surface area contributed by atoms with E-state index in [1.54, 1.807) is 6.08 Å². The van der Waals surface area contributed by atoms with Crippen LogP contribution in [0.3, 0.4) is 0 Å². The van der Waals surface area contributed by atoms with E-state index in [1.165, 1.54) is 0 Å². The molecule has 0 aromatic heterocycles. The molecule has 0 fully saturated rings. The number of rotatable bonds is 46. The first kappa shape index (κ1) is 65.5. The van der Waals surface area contributed by atoms with Crippen LogP contribution in [-0.2, 0) is 28.6 Å². The third kappa shape index (κ3) is 55.3. The van der Waals surface area contributed by atoms with E-state index in [0.717, 1.165) is 135 Å². The summed E-state index contributed by atoms with van der Waals surface area (Å²) in [6.07, 6.45) is 86.2. The lowest BCUT2D eigenvalue weighted by Crippen LogP contribution is -2.30. The Morgan fingerprint density at radius 2 is 0.549 bits per heavy atom. The van der Waals surface area contributed by atoms with Crippen molar-refractivity contribution in [3.63, 3.8) is 0 Å². The molecule has 0 aromatic rings. The van der Waals surface area contributed by atoms with Gasteiger partial charge in [0.05, 0.1) is 6.42 Å². The number of hydrogen-bond donors (Lipinski definition) is 0. The van der Waals surface area contributed by atoms with E-state index in [2.05, 4.69) is 191 Å². The van der Waals surface area contributed by atoms with Crippen molar-refractivity contribution in [3.05, 3.63) is 182 Å². The second-order valence-electron chi connectivity index (χ2n) is 17.0. The summed E-state index contributed by atoms with van der Waals surface area (Å²) < 4.78 is 16.6. The predicted molar refractivity (Wildman–Crippen MR) is 306 cm³/mol. The first-order valence-electron chi connectivity index (χ1n) is 27.3. The molecule has 0 saturated carbocycles. The molecule has 0 aliphatic carbocycles. The minimum atomic E-state index is -0.869. The van der Waals surface area contributed by atoms with Gasteiger partial charge in [-0.2, -0.15) is 0 Å². The molecule has 1 unspecified atom stereocenters. The van der Waals surface area contributed by atoms with E-state index in [4.69, 9.17) is 14.2 Å². The van der Waals surface area contributed by atoms with Crippen LogP contribution in [0.2, 0.25) is 0 Å². The predicted octanol–water partition coefficient (Wildman–Crippen LogP) is 18.5. The van der Waals surface area contributed by atoms with Crippen molar-refractivity contribution in [2.24, 2.45) is 0 Å². The lowest BCUT2D eigenvalue weighted by molar-refractivity contribution is -0.166. The van der Waals surface area contributed by atoms with Crippen molar-refractivity contribution >= 4 is 17.9 Å². The molecule has 0 amide bonds. The summed E-state index contributed by atoms with van der Waals surface area (Å²) in [5.41, 5.74) is 0. The molecule has 6 heteroatoms. The molecule has 0 aliphatic rings. The first-order valence-corrected chi connectivity index (χ1v) is 27.3. The zero-order chi connectivity index (χ0) is 51.4. The summed E-state index contributed by atoms with van der Waals surface area (Å²) in [5.74, 6) is -1.16. The quantitative estimate of drug-likeness (QED) is 0.0262. The molecule has 0 radical (unpaired) electrons. The van der Waals surface area contributed by atoms with E-state index in [-0.39, 0.29) is 44.4 Å². The molecule has 6 nitrogen and oxygen atoms in total. The molecule has 0 bridgehead atoms. The molecular weight excluding hydrogens is 877 g/mol. The van der Waals surface area contributed by atoms with Gasteiger partial charge in [-0.25, -0.2) is 0 Å². The first-order chi connectivity index (χ1) is 35.0. The van der Waals surface area contributed by atoms with Crippen LogP contribution in [0.1, 0.15) is 188 Å². The van der Waals surface area contributed by atoms with Crippen molar-refractivity contribution in [1.29, 1.82) is 0 Å². The second kappa shape index (κ2) is 57.1. The zero-order valence-corrected chi connectivity index (χ0v) is 44.6. The van der Waals surface area contributed by atoms with Gasteiger partial charge in [0.1, 0.15) is 13.2 Å². The minimum absolute atomic E-state index is 0.0722. The van der Waals surface area contributed by atoms with Crippen LogP contribution in [-0.4, -0.2) is 37.2 Å². The molecule has 1 atom stereocenters. The maximum atomic E-state index is 12.8. The van der Waals surface area contributed by atoms with Crippen molar-refractivity contribution in [1.82, 2.24) is 0 Å². The van der Waals surface area contributed by atoms with Gasteiger partial charge in [0, 0.05) is 12.8 Å². The lowest BCUT2D eigenvalue weighted by Gasteiger charge is -2.18. The monoisotopic (exact) mass is 973 g/mol. The summed E-state index contributed by atoms with van der Waals surface area (Å²) in [5, 5.41) is 0. The van der Waals surface area contributed by atoms with Crippen LogP contribution in [0, 0.1) is 0 Å². The topological polar surface area (TPSA) is 78.9 Å². The Labute approximate surface area is 434 Å². The Balaban J connectivity index is 4.58. The van der Waals surface area contributed by atoms with Gasteiger partial charge in [0.2, 0.25) is 0 Å². The van der Waals surface area contributed by atoms with Crippen LogP contribution in [0.25, 0.3) is 0 Å². The molecule has 0 rings (SSSR count). The average Bonchev–Trinajstić information content (AvgIpc) is 3.37. The summed E-state index contributed by atoms with van der Waals surface area (Å²) in [6.45, 7) is 6.12. The molecule has 0 aliphatic heterocycles. The highest BCUT2D eigenvalue weighted by Crippen LogP contribution is 2.10. The SMILES string of the molecule is CC/C=C\C/C=C\C/C=C\C/C=C\C/C=C\C/C=C\C/C=C\CCCCCC(=O)OCC(COC(=O)CCCCC/C=C\C/C=C\C/C=C\CC)OC(=O)C/C=C\C/C=C\C/C=C\C/C=C\C/C=C\CC. The van der Waals surface area contributed by atoms with E-state index in [9.17, 15) is 14.4 Å². The van der Waals surface area contributed by atoms with Crippen molar-refractivity contribution < 1.29 is 28.6 Å². The van der Waals surface area contributed by atoms with Crippen molar-refractivity contribution in [2.75, 3.05) is 13.2 Å². The molecule has 0 heterocycles. The molecule has 71 heavy (non-hydrogen) atoms. The largest absolute Gasteiger partial charge is 0.462 e. The Morgan fingerprint density at radius 3 is 0.831 bits per heavy atom. The Morgan fingerprint density at radius 1 is 0.296 bits per heavy atom. The Bertz CT molecular complexity index is 1730. The number of carbonyl (C=O) groups is 3. The molecule has 392 valence electrons. The number of ether oxygens (including phenoxy) is 3. The number of hydrogen-bond acceptors (Lipinski definition) is 6. The van der Waals surface area contributed by atoms with Crippen LogP contribution < -0.4 is 0 Å². The zero-order valence-electron chi connectivity index (χ0n) is 44.6. The third-order valence-electron chi connectivity index (χ3n) is 10.4. The fourth-order valence-electron chi connectivity index (χ4n) is 6.45. The average molecular weight is 973 g/mol. The van der Waals surface area contributed by atoms with Crippen LogP contribution >= 0.6 is 0 Å². The number of unbranched alkanes of at least 4 members (excludes halogenated alkanes) is 6. The minimum Gasteiger partial charge on any atom is -0.462 e. The molecule has 0 aromatic carbocycles. The fraction of sp³-hybridized carbons (Fsp3) is 0.492. The summed E-state index contributed by atoms with van der Waals surface area (Å²) in [6, 6.07) is 0. The summed E-state index contributed by atoms with van der Waals surface area (Å²) in [4.78, 5) is 38.0. The van der Waals surface area contributed by atoms with E-state index in [1.807, 2.05) is 6.08 Å². The maximum absolute atomic E-state index is 12.8. The fourth-order valence-corrected chi connectivity index (χ4v) is 6.45. The van der Waals surface area contributed by atoms with Gasteiger partial charge in [-0.1, -0.05) is 216 Å². The van der Waals surface area contributed by atoms with Gasteiger partial charge in [-0.05, 0) is 135 Å². The van der Waals surface area contributed by atoms with Gasteiger partial charge in [0.15, 0.2) is 6.10 Å². The van der Waals surface area contributed by atoms with Crippen LogP contribution in [0.4, 0.5) is 0 Å². The summed E-state index contributed by atoms with van der Waals surface area (Å²) in [7, 11) is 0. The van der Waals surface area contributed by atoms with E-state index >= 15 is 0 Å². The van der Waals surface area contributed by atoms with Crippen molar-refractivity contribution in [3.8, 4) is 0 Å². The van der Waals surface area contributed by atoms with Gasteiger partial charge < -0.3 is 14.2 Å². The van der Waals surface area contributed by atoms with E-state index in [0.29, 0.717) is 12.8 Å². The highest BCUT2D eigenvalue weighted by Gasteiger charge is 2.19. The van der Waals surface area contributed by atoms with Crippen LogP contribution in [0.5, 0.6) is 0 Å². The van der Waals surface area contributed by atoms with Gasteiger partial charge in [-0.3, -0.25) is 14.4 Å². The Hall–Kier alpha value is -5.49. The van der Waals surface area contributed by atoms with Gasteiger partial charge >= 0.3 is 17.9 Å². The second-order valence-corrected chi connectivity index (χ2v) is 17.0. The Kier molecular flexibility index (Phi) is 52.7. The number of carbonyl (C=O) groups excluding carboxylic acids is 3. The van der Waals surface area contributed by atoms with Crippen LogP contribution in [0.15, 0.2) is 182 Å². The molecule has 0 N–H and O–H groups in total.